The zero-order valence-electron chi connectivity index (χ0n) is 45.5. The monoisotopic (exact) mass is 1200 g/mol. The van der Waals surface area contributed by atoms with Gasteiger partial charge < -0.3 is 61.1 Å². The minimum atomic E-state index is -1.64. The predicted molar refractivity (Wildman–Crippen MR) is 294 cm³/mol. The van der Waals surface area contributed by atoms with E-state index in [1.807, 2.05) is 13.8 Å². The molecule has 3 aromatic rings. The van der Waals surface area contributed by atoms with Gasteiger partial charge in [-0.05, 0) is 56.7 Å². The molecule has 0 aliphatic carbocycles. The number of fused-ring (bicyclic) bond motifs is 1. The number of rotatable bonds is 27. The number of carbonyl (C=O) groups excluding carboxylic acids is 7. The number of benzene rings is 1. The van der Waals surface area contributed by atoms with Crippen LogP contribution in [0.1, 0.15) is 125 Å². The number of anilines is 2. The number of hydrogen-bond acceptors (Lipinski definition) is 17. The Labute approximate surface area is 468 Å². The summed E-state index contributed by atoms with van der Waals surface area (Å²) in [6.45, 7) is 12.2. The number of unbranched alkanes of at least 4 members (excludes halogenated alkanes) is 3. The van der Waals surface area contributed by atoms with E-state index in [0.717, 1.165) is 56.3 Å². The quantitative estimate of drug-likeness (QED) is 0.0228. The molecule has 3 unspecified atom stereocenters. The molecule has 9 N–H and O–H groups in total. The van der Waals surface area contributed by atoms with E-state index >= 15 is 0 Å². The Kier molecular flexibility index (Phi) is 22.5. The number of nitrogens with zero attached hydrogens (tertiary/aromatic N) is 5. The fraction of sp³-hybridized carbons (Fsp3) is 0.660. The molecule has 7 amide bonds. The summed E-state index contributed by atoms with van der Waals surface area (Å²) in [5.74, 6) is -3.54. The Morgan fingerprint density at radius 1 is 0.949 bits per heavy atom. The van der Waals surface area contributed by atoms with Crippen LogP contribution in [-0.2, 0) is 49.6 Å². The first-order chi connectivity index (χ1) is 37.2. The maximum absolute atomic E-state index is 14.1. The van der Waals surface area contributed by atoms with E-state index in [4.69, 9.17) is 14.2 Å². The molecule has 1 aromatic carbocycles. The van der Waals surface area contributed by atoms with Gasteiger partial charge in [-0.3, -0.25) is 38.6 Å². The number of aromatic amines is 1. The first kappa shape index (κ1) is 61.6. The summed E-state index contributed by atoms with van der Waals surface area (Å²) in [5, 5.41) is 46.6. The fourth-order valence-electron chi connectivity index (χ4n) is 10.0. The number of nitrogens with one attached hydrogen (secondary N) is 6. The zero-order chi connectivity index (χ0) is 56.8. The highest BCUT2D eigenvalue weighted by Gasteiger charge is 2.50. The average molecular weight is 1200 g/mol. The van der Waals surface area contributed by atoms with E-state index in [-0.39, 0.29) is 72.0 Å². The van der Waals surface area contributed by atoms with Crippen molar-refractivity contribution in [1.29, 1.82) is 0 Å². The molecule has 0 bridgehead atoms. The second-order valence-corrected chi connectivity index (χ2v) is 23.0. The minimum absolute atomic E-state index is 0.0170. The van der Waals surface area contributed by atoms with Gasteiger partial charge in [0.15, 0.2) is 17.7 Å². The highest BCUT2D eigenvalue weighted by atomic mass is 127. The summed E-state index contributed by atoms with van der Waals surface area (Å²) in [7, 11) is 0. The standard InChI is InChI=1S/C53H78IN11O13/c1-8-11-13-14-30(6)77-34-22-36(48(72)62-41-37(25-66)78-50(44(70)43(41)69)63-46-42-45(56-27-55-42)57-28-58-46)65(24-34)52(75)76-26-32-15-17-33(18-16-32)60-47(71)31(7)59-49(73)40(29(4)5)61-38(67)19-21-64-39(68)23-35(51(64)74)53(54,10-3)20-12-9-2/h15-18,27-31,34-37,40-41,43-44,50,66,69-70H,8-14,19-26H2,1-7H3,(H,59,73)(H,60,71)(H,61,67)(H,62,72)(H2,55,56,57,58,63)/t30?,31-,34+,35?,36+,37-,40-,41-,43+,44-,50-,53?/m0/s1. The lowest BCUT2D eigenvalue weighted by Crippen LogP contribution is -2.67. The van der Waals surface area contributed by atoms with Crippen molar-refractivity contribution in [2.24, 2.45) is 11.8 Å². The summed E-state index contributed by atoms with van der Waals surface area (Å²) in [4.78, 5) is 112. The zero-order valence-corrected chi connectivity index (χ0v) is 47.7. The smallest absolute Gasteiger partial charge is 0.410 e. The number of aliphatic hydroxyl groups is 3. The molecule has 430 valence electrons. The van der Waals surface area contributed by atoms with E-state index in [0.29, 0.717) is 22.4 Å². The third-order valence-corrected chi connectivity index (χ3v) is 16.8. The number of H-pyrrole nitrogens is 1. The molecule has 3 saturated heterocycles. The first-order valence-electron chi connectivity index (χ1n) is 27.2. The summed E-state index contributed by atoms with van der Waals surface area (Å²) in [6.07, 6.45) is 2.68. The molecule has 5 heterocycles. The van der Waals surface area contributed by atoms with Crippen LogP contribution in [0.25, 0.3) is 11.2 Å². The highest BCUT2D eigenvalue weighted by Crippen LogP contribution is 2.43. The van der Waals surface area contributed by atoms with Crippen LogP contribution in [-0.4, -0.2) is 171 Å². The van der Waals surface area contributed by atoms with Crippen LogP contribution in [0, 0.1) is 11.8 Å². The van der Waals surface area contributed by atoms with Crippen molar-refractivity contribution in [2.75, 3.05) is 30.3 Å². The second kappa shape index (κ2) is 28.5. The molecule has 3 fully saturated rings. The maximum atomic E-state index is 14.1. The van der Waals surface area contributed by atoms with Gasteiger partial charge in [0.25, 0.3) is 0 Å². The normalized spacial score (nSPS) is 24.4. The number of imidazole rings is 1. The van der Waals surface area contributed by atoms with Crippen LogP contribution in [0.2, 0.25) is 0 Å². The van der Waals surface area contributed by atoms with Crippen molar-refractivity contribution in [1.82, 2.24) is 45.7 Å². The van der Waals surface area contributed by atoms with Gasteiger partial charge >= 0.3 is 6.09 Å². The fourth-order valence-corrected chi connectivity index (χ4v) is 10.9. The number of carbonyl (C=O) groups is 7. The first-order valence-corrected chi connectivity index (χ1v) is 28.2. The molecular weight excluding hydrogens is 1130 g/mol. The van der Waals surface area contributed by atoms with Crippen molar-refractivity contribution in [3.8, 4) is 0 Å². The molecule has 2 aromatic heterocycles. The number of ether oxygens (including phenoxy) is 3. The molecule has 3 aliphatic rings. The Morgan fingerprint density at radius 3 is 2.36 bits per heavy atom. The summed E-state index contributed by atoms with van der Waals surface area (Å²) < 4.78 is 17.6. The van der Waals surface area contributed by atoms with Crippen LogP contribution >= 0.6 is 22.6 Å². The summed E-state index contributed by atoms with van der Waals surface area (Å²) >= 11 is 2.32. The highest BCUT2D eigenvalue weighted by molar-refractivity contribution is 14.1. The molecule has 6 rings (SSSR count). The SMILES string of the molecule is CCCCCC(C)O[C@@H]1C[C@H](C(=O)N[C@@H]2[C@@H](O)[C@H](O)[C@@H](Nc3ncnc4nc[nH]c34)O[C@H]2CO)N(C(=O)OCc2ccc(NC(=O)[C@H](C)NC(=O)[C@@H](NC(=O)CCN3C(=O)CC(C(I)(CC)CCCC)C3=O)C(C)C)cc2)C1. The molecule has 24 nitrogen and oxygen atoms in total. The van der Waals surface area contributed by atoms with Crippen molar-refractivity contribution in [2.45, 2.75) is 190 Å². The Morgan fingerprint density at radius 2 is 1.68 bits per heavy atom. The number of aliphatic hydroxyl groups excluding tert-OH is 3. The van der Waals surface area contributed by atoms with Gasteiger partial charge in [-0.1, -0.05) is 101 Å². The number of imide groups is 1. The lowest BCUT2D eigenvalue weighted by atomic mass is 9.84. The van der Waals surface area contributed by atoms with Crippen molar-refractivity contribution in [3.63, 3.8) is 0 Å². The lowest BCUT2D eigenvalue weighted by Gasteiger charge is -2.43. The Balaban J connectivity index is 1.01. The van der Waals surface area contributed by atoms with Gasteiger partial charge in [0.1, 0.15) is 54.9 Å². The molecular formula is C53H78IN11O13. The Bertz CT molecular complexity index is 2540. The third kappa shape index (κ3) is 15.6. The van der Waals surface area contributed by atoms with Crippen LogP contribution in [0.15, 0.2) is 36.9 Å². The van der Waals surface area contributed by atoms with Gasteiger partial charge in [-0.15, -0.1) is 0 Å². The van der Waals surface area contributed by atoms with E-state index in [1.54, 1.807) is 38.1 Å². The Hall–Kier alpha value is -5.61. The van der Waals surface area contributed by atoms with Crippen LogP contribution < -0.4 is 26.6 Å². The molecule has 78 heavy (non-hydrogen) atoms. The maximum Gasteiger partial charge on any atom is 0.410 e. The van der Waals surface area contributed by atoms with E-state index in [1.165, 1.54) is 24.5 Å². The van der Waals surface area contributed by atoms with Crippen LogP contribution in [0.5, 0.6) is 0 Å². The summed E-state index contributed by atoms with van der Waals surface area (Å²) in [6, 6.07) is 1.96. The predicted octanol–water partition coefficient (Wildman–Crippen LogP) is 3.58. The lowest BCUT2D eigenvalue weighted by molar-refractivity contribution is -0.185. The largest absolute Gasteiger partial charge is 0.445 e. The van der Waals surface area contributed by atoms with Gasteiger partial charge in [0, 0.05) is 34.9 Å². The van der Waals surface area contributed by atoms with E-state index in [2.05, 4.69) is 83.0 Å². The van der Waals surface area contributed by atoms with Gasteiger partial charge in [-0.25, -0.2) is 19.7 Å². The van der Waals surface area contributed by atoms with Crippen LogP contribution in [0.3, 0.4) is 0 Å². The van der Waals surface area contributed by atoms with E-state index in [9.17, 15) is 48.9 Å². The van der Waals surface area contributed by atoms with Gasteiger partial charge in [-0.2, -0.15) is 0 Å². The van der Waals surface area contributed by atoms with Gasteiger partial charge in [0.05, 0.1) is 43.6 Å². The van der Waals surface area contributed by atoms with Crippen molar-refractivity contribution < 1.29 is 63.1 Å². The molecule has 0 radical (unpaired) electrons. The molecule has 25 heteroatoms. The average Bonchev–Trinajstić information content (AvgIpc) is 4.26. The molecule has 12 atom stereocenters. The van der Waals surface area contributed by atoms with E-state index < -0.39 is 97.1 Å². The molecule has 0 saturated carbocycles. The number of amides is 7. The second-order valence-electron chi connectivity index (χ2n) is 20.9. The van der Waals surface area contributed by atoms with Crippen LogP contribution in [0.4, 0.5) is 16.3 Å². The number of hydrogen-bond donors (Lipinski definition) is 9. The third-order valence-electron chi connectivity index (χ3n) is 14.7. The summed E-state index contributed by atoms with van der Waals surface area (Å²) in [5.41, 5.74) is 1.67. The number of alkyl halides is 1. The van der Waals surface area contributed by atoms with Crippen molar-refractivity contribution in [3.05, 3.63) is 42.5 Å². The number of halogens is 1. The molecule has 3 aliphatic heterocycles. The number of likely N-dealkylation sites (tertiary alicyclic amines) is 2. The molecule has 0 spiro atoms. The topological polar surface area (TPSA) is 329 Å². The van der Waals surface area contributed by atoms with Crippen molar-refractivity contribution >= 4 is 86.8 Å². The number of aromatic nitrogens is 4. The van der Waals surface area contributed by atoms with Gasteiger partial charge in [0.2, 0.25) is 35.4 Å². The minimum Gasteiger partial charge on any atom is -0.445 e.